The Labute approximate surface area is 146 Å². The van der Waals surface area contributed by atoms with E-state index in [9.17, 15) is 4.79 Å². The Morgan fingerprint density at radius 2 is 2.09 bits per heavy atom. The molecule has 3 rings (SSSR count). The van der Waals surface area contributed by atoms with Crippen molar-refractivity contribution in [2.45, 2.75) is 13.0 Å². The molecule has 0 fully saturated rings. The molecule has 1 aromatic heterocycles. The Kier molecular flexibility index (Phi) is 5.60. The third kappa shape index (κ3) is 3.47. The standard InChI is InChI=1S/C17H18N2O3.BrH/c1-21-13-5-6-16(22-2)14(10-13)15(20)11-19-9-3-4-12-7-8-18-17(12)19;/h3-6,9-10H,7-8,11H2,1-2H3;1H. The number of ketones is 1. The Morgan fingerprint density at radius 3 is 2.83 bits per heavy atom. The molecule has 0 bridgehead atoms. The van der Waals surface area contributed by atoms with Crippen LogP contribution in [0.3, 0.4) is 0 Å². The van der Waals surface area contributed by atoms with E-state index >= 15 is 0 Å². The molecule has 1 aromatic carbocycles. The number of methoxy groups -OCH3 is 2. The van der Waals surface area contributed by atoms with Gasteiger partial charge in [-0.15, -0.1) is 0 Å². The van der Waals surface area contributed by atoms with Gasteiger partial charge in [-0.3, -0.25) is 10.1 Å². The molecule has 1 aliphatic heterocycles. The van der Waals surface area contributed by atoms with Crippen LogP contribution >= 0.6 is 0 Å². The predicted molar refractivity (Wildman–Crippen MR) is 82.7 cm³/mol. The summed E-state index contributed by atoms with van der Waals surface area (Å²) in [6.45, 7) is 1.18. The number of nitrogens with zero attached hydrogens (tertiary/aromatic N) is 1. The van der Waals surface area contributed by atoms with E-state index in [1.807, 2.05) is 16.8 Å². The Balaban J connectivity index is 0.00000192. The fraction of sp³-hybridized carbons (Fsp3) is 0.294. The molecule has 0 spiro atoms. The van der Waals surface area contributed by atoms with E-state index in [1.165, 1.54) is 5.56 Å². The molecule has 1 N–H and O–H groups in total. The van der Waals surface area contributed by atoms with Crippen LogP contribution in [0.4, 0.5) is 5.82 Å². The highest BCUT2D eigenvalue weighted by Gasteiger charge is 2.23. The molecule has 23 heavy (non-hydrogen) atoms. The summed E-state index contributed by atoms with van der Waals surface area (Å²) < 4.78 is 12.4. The van der Waals surface area contributed by atoms with Crippen LogP contribution in [0, 0.1) is 0 Å². The highest BCUT2D eigenvalue weighted by atomic mass is 79.9. The Bertz CT molecular complexity index is 719. The average molecular weight is 379 g/mol. The van der Waals surface area contributed by atoms with Crippen molar-refractivity contribution in [3.63, 3.8) is 0 Å². The normalized spacial score (nSPS) is 11.9. The van der Waals surface area contributed by atoms with Gasteiger partial charge in [-0.25, -0.2) is 4.57 Å². The van der Waals surface area contributed by atoms with E-state index in [-0.39, 0.29) is 29.3 Å². The highest BCUT2D eigenvalue weighted by Crippen LogP contribution is 2.25. The van der Waals surface area contributed by atoms with Crippen LogP contribution in [0.1, 0.15) is 15.9 Å². The topological polar surface area (TPSA) is 51.4 Å². The maximum absolute atomic E-state index is 12.7. The SMILES string of the molecule is COc1ccc(OC)c(C(=O)C[n+]2cccc3c2NCC3)c1.[Br-]. The fourth-order valence-electron chi connectivity index (χ4n) is 2.74. The summed E-state index contributed by atoms with van der Waals surface area (Å²) in [5.74, 6) is 2.22. The third-order valence-corrected chi connectivity index (χ3v) is 3.86. The zero-order valence-electron chi connectivity index (χ0n) is 13.1. The van der Waals surface area contributed by atoms with Crippen LogP contribution in [-0.4, -0.2) is 26.5 Å². The lowest BCUT2D eigenvalue weighted by molar-refractivity contribution is -0.669. The number of rotatable bonds is 5. The first kappa shape index (κ1) is 17.3. The summed E-state index contributed by atoms with van der Waals surface area (Å²) in [7, 11) is 3.15. The molecular formula is C17H19BrN2O3. The number of hydrogen-bond acceptors (Lipinski definition) is 4. The third-order valence-electron chi connectivity index (χ3n) is 3.86. The molecule has 2 heterocycles. The fourth-order valence-corrected chi connectivity index (χ4v) is 2.74. The molecule has 0 saturated carbocycles. The molecule has 0 saturated heterocycles. The smallest absolute Gasteiger partial charge is 0.278 e. The maximum Gasteiger partial charge on any atom is 0.278 e. The van der Waals surface area contributed by atoms with Gasteiger partial charge in [-0.2, -0.15) is 0 Å². The number of fused-ring (bicyclic) bond motifs is 1. The lowest BCUT2D eigenvalue weighted by Gasteiger charge is -2.10. The van der Waals surface area contributed by atoms with Crippen molar-refractivity contribution in [3.05, 3.63) is 47.7 Å². The quantitative estimate of drug-likeness (QED) is 0.527. The van der Waals surface area contributed by atoms with Crippen molar-refractivity contribution < 1.29 is 35.8 Å². The van der Waals surface area contributed by atoms with Gasteiger partial charge in [0.05, 0.1) is 32.5 Å². The molecule has 0 aliphatic carbocycles. The van der Waals surface area contributed by atoms with Gasteiger partial charge in [0, 0.05) is 12.0 Å². The first-order valence-corrected chi connectivity index (χ1v) is 7.23. The second-order valence-corrected chi connectivity index (χ2v) is 5.18. The minimum atomic E-state index is -0.0112. The van der Waals surface area contributed by atoms with Gasteiger partial charge in [0.1, 0.15) is 11.5 Å². The van der Waals surface area contributed by atoms with Crippen LogP contribution in [0.5, 0.6) is 11.5 Å². The molecule has 0 amide bonds. The molecule has 6 heteroatoms. The molecule has 0 radical (unpaired) electrons. The number of carbonyl (C=O) groups excluding carboxylic acids is 1. The molecule has 5 nitrogen and oxygen atoms in total. The van der Waals surface area contributed by atoms with E-state index < -0.39 is 0 Å². The zero-order chi connectivity index (χ0) is 15.5. The molecule has 2 aromatic rings. The van der Waals surface area contributed by atoms with Crippen molar-refractivity contribution in [1.82, 2.24) is 0 Å². The number of hydrogen-bond donors (Lipinski definition) is 1. The zero-order valence-corrected chi connectivity index (χ0v) is 14.7. The van der Waals surface area contributed by atoms with Gasteiger partial charge in [0.25, 0.3) is 5.82 Å². The number of carbonyl (C=O) groups is 1. The van der Waals surface area contributed by atoms with Gasteiger partial charge < -0.3 is 26.5 Å². The number of anilines is 1. The van der Waals surface area contributed by atoms with Gasteiger partial charge in [0.2, 0.25) is 5.78 Å². The molecule has 122 valence electrons. The van der Waals surface area contributed by atoms with E-state index in [4.69, 9.17) is 9.47 Å². The molecule has 0 atom stereocenters. The van der Waals surface area contributed by atoms with Crippen LogP contribution in [0.25, 0.3) is 0 Å². The predicted octanol–water partition coefficient (Wildman–Crippen LogP) is -1.15. The van der Waals surface area contributed by atoms with Crippen molar-refractivity contribution in [3.8, 4) is 11.5 Å². The number of nitrogens with one attached hydrogen (secondary N) is 1. The number of pyridine rings is 1. The maximum atomic E-state index is 12.7. The Hall–Kier alpha value is -2.08. The van der Waals surface area contributed by atoms with Crippen molar-refractivity contribution in [1.29, 1.82) is 0 Å². The van der Waals surface area contributed by atoms with Gasteiger partial charge in [-0.05, 0) is 30.3 Å². The summed E-state index contributed by atoms with van der Waals surface area (Å²) >= 11 is 0. The molecular weight excluding hydrogens is 360 g/mol. The largest absolute Gasteiger partial charge is 1.00 e. The molecule has 0 unspecified atom stereocenters. The van der Waals surface area contributed by atoms with Gasteiger partial charge >= 0.3 is 0 Å². The monoisotopic (exact) mass is 378 g/mol. The van der Waals surface area contributed by atoms with E-state index in [1.54, 1.807) is 32.4 Å². The lowest BCUT2D eigenvalue weighted by Crippen LogP contribution is -3.00. The van der Waals surface area contributed by atoms with E-state index in [0.717, 1.165) is 18.8 Å². The van der Waals surface area contributed by atoms with E-state index in [2.05, 4.69) is 11.4 Å². The summed E-state index contributed by atoms with van der Waals surface area (Å²) in [5.41, 5.74) is 1.78. The second-order valence-electron chi connectivity index (χ2n) is 5.18. The van der Waals surface area contributed by atoms with Crippen LogP contribution in [-0.2, 0) is 13.0 Å². The van der Waals surface area contributed by atoms with Crippen LogP contribution in [0.15, 0.2) is 36.5 Å². The summed E-state index contributed by atoms with van der Waals surface area (Å²) in [6, 6.07) is 9.32. The molecule has 1 aliphatic rings. The number of benzene rings is 1. The number of halogens is 1. The average Bonchev–Trinajstić information content (AvgIpc) is 3.03. The van der Waals surface area contributed by atoms with Gasteiger partial charge in [-0.1, -0.05) is 0 Å². The van der Waals surface area contributed by atoms with Crippen molar-refractivity contribution >= 4 is 11.6 Å². The summed E-state index contributed by atoms with van der Waals surface area (Å²) in [4.78, 5) is 12.7. The number of ether oxygens (including phenoxy) is 2. The minimum Gasteiger partial charge on any atom is -1.00 e. The second kappa shape index (κ2) is 7.46. The highest BCUT2D eigenvalue weighted by molar-refractivity contribution is 5.98. The first-order chi connectivity index (χ1) is 10.7. The van der Waals surface area contributed by atoms with E-state index in [0.29, 0.717) is 17.1 Å². The van der Waals surface area contributed by atoms with Crippen molar-refractivity contribution in [2.24, 2.45) is 0 Å². The summed E-state index contributed by atoms with van der Waals surface area (Å²) in [6.07, 6.45) is 2.91. The van der Waals surface area contributed by atoms with Crippen LogP contribution < -0.4 is 36.3 Å². The lowest BCUT2D eigenvalue weighted by atomic mass is 10.1. The number of aromatic nitrogens is 1. The minimum absolute atomic E-state index is 0. The van der Waals surface area contributed by atoms with Gasteiger partial charge in [0.15, 0.2) is 6.54 Å². The van der Waals surface area contributed by atoms with Crippen LogP contribution in [0.2, 0.25) is 0 Å². The summed E-state index contributed by atoms with van der Waals surface area (Å²) in [5, 5.41) is 3.33. The first-order valence-electron chi connectivity index (χ1n) is 7.23. The Morgan fingerprint density at radius 1 is 1.26 bits per heavy atom. The number of Topliss-reactive ketones (excluding diaryl/α,β-unsaturated/α-hetero) is 1. The van der Waals surface area contributed by atoms with Crippen molar-refractivity contribution in [2.75, 3.05) is 26.1 Å².